The van der Waals surface area contributed by atoms with Gasteiger partial charge in [0.25, 0.3) is 0 Å². The Balaban J connectivity index is 1.34. The molecule has 4 aliphatic carbocycles. The quantitative estimate of drug-likeness (QED) is 0.479. The van der Waals surface area contributed by atoms with E-state index in [0.717, 1.165) is 51.4 Å². The first kappa shape index (κ1) is 17.9. The summed E-state index contributed by atoms with van der Waals surface area (Å²) in [6.45, 7) is 0. The van der Waals surface area contributed by atoms with Gasteiger partial charge in [-0.15, -0.1) is 0 Å². The maximum atomic E-state index is 11.5. The second-order valence-corrected chi connectivity index (χ2v) is 8.70. The van der Waals surface area contributed by atoms with Crippen molar-refractivity contribution in [3.05, 3.63) is 33.4 Å². The van der Waals surface area contributed by atoms with Crippen molar-refractivity contribution in [2.24, 2.45) is 0 Å². The third-order valence-electron chi connectivity index (χ3n) is 7.24. The van der Waals surface area contributed by atoms with Crippen molar-refractivity contribution in [1.82, 2.24) is 0 Å². The lowest BCUT2D eigenvalue weighted by atomic mass is 9.77. The summed E-state index contributed by atoms with van der Waals surface area (Å²) >= 11 is 0. The topological polar surface area (TPSA) is 34.1 Å². The second kappa shape index (κ2) is 8.06. The third-order valence-corrected chi connectivity index (χ3v) is 7.24. The van der Waals surface area contributed by atoms with Crippen molar-refractivity contribution >= 4 is 11.6 Å². The molecular weight excluding hydrogens is 320 g/mol. The summed E-state index contributed by atoms with van der Waals surface area (Å²) in [4.78, 5) is 22.9. The average Bonchev–Trinajstić information content (AvgIpc) is 2.70. The molecule has 0 N–H and O–H groups in total. The zero-order valence-electron chi connectivity index (χ0n) is 16.1. The fraction of sp³-hybridized carbons (Fsp3) is 0.667. The van der Waals surface area contributed by atoms with E-state index in [1.54, 1.807) is 33.4 Å². The molecule has 0 aliphatic heterocycles. The third kappa shape index (κ3) is 4.10. The summed E-state index contributed by atoms with van der Waals surface area (Å²) in [7, 11) is 0. The minimum absolute atomic E-state index is 0.461. The highest BCUT2D eigenvalue weighted by molar-refractivity contribution is 5.80. The van der Waals surface area contributed by atoms with E-state index in [1.165, 1.54) is 51.4 Å². The van der Waals surface area contributed by atoms with E-state index in [2.05, 4.69) is 0 Å². The molecule has 0 heterocycles. The van der Waals surface area contributed by atoms with Crippen LogP contribution in [0.1, 0.15) is 103 Å². The van der Waals surface area contributed by atoms with Crippen LogP contribution in [-0.2, 0) is 9.59 Å². The molecule has 0 aromatic heterocycles. The van der Waals surface area contributed by atoms with Crippen LogP contribution in [0.5, 0.6) is 0 Å². The van der Waals surface area contributed by atoms with Gasteiger partial charge in [-0.05, 0) is 77.0 Å². The van der Waals surface area contributed by atoms with Crippen LogP contribution in [0.4, 0.5) is 0 Å². The van der Waals surface area contributed by atoms with E-state index >= 15 is 0 Å². The van der Waals surface area contributed by atoms with Gasteiger partial charge in [0.1, 0.15) is 11.6 Å². The van der Waals surface area contributed by atoms with E-state index in [1.807, 2.05) is 0 Å². The predicted octanol–water partition coefficient (Wildman–Crippen LogP) is 6.31. The number of rotatable bonds is 0. The lowest BCUT2D eigenvalue weighted by Crippen LogP contribution is -2.12. The van der Waals surface area contributed by atoms with Gasteiger partial charge in [0.05, 0.1) is 0 Å². The first-order valence-corrected chi connectivity index (χ1v) is 10.8. The SMILES string of the molecule is O=C1CCC(=C2CCC(=C3CCC(=C4CCC(=O)CC4)CC3)CC2)CC1. The number of carbonyl (C=O) groups excluding carboxylic acids is 2. The molecule has 2 heteroatoms. The van der Waals surface area contributed by atoms with Gasteiger partial charge in [0, 0.05) is 25.7 Å². The van der Waals surface area contributed by atoms with E-state index in [-0.39, 0.29) is 0 Å². The molecule has 0 spiro atoms. The normalized spacial score (nSPS) is 26.0. The van der Waals surface area contributed by atoms with Crippen molar-refractivity contribution in [3.8, 4) is 0 Å². The lowest BCUT2D eigenvalue weighted by Gasteiger charge is -2.29. The number of Topliss-reactive ketones (excluding diaryl/α,β-unsaturated/α-hetero) is 2. The van der Waals surface area contributed by atoms with Gasteiger partial charge in [-0.3, -0.25) is 9.59 Å². The number of carbonyl (C=O) groups is 2. The Kier molecular flexibility index (Phi) is 5.57. The first-order valence-electron chi connectivity index (χ1n) is 10.8. The fourth-order valence-electron chi connectivity index (χ4n) is 5.49. The number of hydrogen-bond acceptors (Lipinski definition) is 2. The molecule has 0 radical (unpaired) electrons. The van der Waals surface area contributed by atoms with Crippen molar-refractivity contribution < 1.29 is 9.59 Å². The maximum Gasteiger partial charge on any atom is 0.133 e. The Labute approximate surface area is 157 Å². The van der Waals surface area contributed by atoms with Crippen LogP contribution in [0.25, 0.3) is 0 Å². The predicted molar refractivity (Wildman–Crippen MR) is 105 cm³/mol. The molecule has 0 bridgehead atoms. The van der Waals surface area contributed by atoms with Crippen LogP contribution in [0.15, 0.2) is 33.4 Å². The summed E-state index contributed by atoms with van der Waals surface area (Å²) in [5.41, 5.74) is 10.1. The zero-order chi connectivity index (χ0) is 17.9. The van der Waals surface area contributed by atoms with Crippen LogP contribution in [0, 0.1) is 0 Å². The van der Waals surface area contributed by atoms with E-state index in [9.17, 15) is 9.59 Å². The number of hydrogen-bond donors (Lipinski definition) is 0. The number of allylic oxidation sites excluding steroid dienone is 6. The molecule has 140 valence electrons. The van der Waals surface area contributed by atoms with Gasteiger partial charge in [-0.1, -0.05) is 33.4 Å². The van der Waals surface area contributed by atoms with Crippen LogP contribution in [0.2, 0.25) is 0 Å². The molecule has 0 atom stereocenters. The lowest BCUT2D eigenvalue weighted by molar-refractivity contribution is -0.120. The van der Waals surface area contributed by atoms with Gasteiger partial charge in [-0.2, -0.15) is 0 Å². The molecular formula is C24H32O2. The zero-order valence-corrected chi connectivity index (χ0v) is 16.1. The Hall–Kier alpha value is -1.44. The Bertz CT molecular complexity index is 594. The molecule has 0 aromatic rings. The Morgan fingerprint density at radius 1 is 0.269 bits per heavy atom. The molecule has 0 unspecified atom stereocenters. The minimum atomic E-state index is 0.461. The van der Waals surface area contributed by atoms with E-state index < -0.39 is 0 Å². The summed E-state index contributed by atoms with van der Waals surface area (Å²) < 4.78 is 0. The Morgan fingerprint density at radius 3 is 0.615 bits per heavy atom. The van der Waals surface area contributed by atoms with Crippen molar-refractivity contribution in [1.29, 1.82) is 0 Å². The molecule has 4 aliphatic rings. The average molecular weight is 353 g/mol. The summed E-state index contributed by atoms with van der Waals surface area (Å²) in [5, 5.41) is 0. The standard InChI is InChI=1S/C24H32O2/c25-23-13-9-21(10-14-23)19-5-1-17(2-6-19)18-3-7-20(8-4-18)22-11-15-24(26)16-12-22/h1-16H2. The highest BCUT2D eigenvalue weighted by Crippen LogP contribution is 2.41. The molecule has 0 saturated heterocycles. The van der Waals surface area contributed by atoms with Gasteiger partial charge in [0.2, 0.25) is 0 Å². The van der Waals surface area contributed by atoms with Gasteiger partial charge >= 0.3 is 0 Å². The van der Waals surface area contributed by atoms with Crippen LogP contribution in [-0.4, -0.2) is 11.6 Å². The largest absolute Gasteiger partial charge is 0.300 e. The van der Waals surface area contributed by atoms with Crippen molar-refractivity contribution in [3.63, 3.8) is 0 Å². The molecule has 0 aromatic carbocycles. The highest BCUT2D eigenvalue weighted by Gasteiger charge is 2.23. The molecule has 26 heavy (non-hydrogen) atoms. The second-order valence-electron chi connectivity index (χ2n) is 8.70. The minimum Gasteiger partial charge on any atom is -0.300 e. The van der Waals surface area contributed by atoms with Crippen molar-refractivity contribution in [2.45, 2.75) is 103 Å². The molecule has 4 rings (SSSR count). The number of ketones is 2. The maximum absolute atomic E-state index is 11.5. The van der Waals surface area contributed by atoms with Crippen LogP contribution in [0.3, 0.4) is 0 Å². The summed E-state index contributed by atoms with van der Waals surface area (Å²) in [6.07, 6.45) is 17.4. The van der Waals surface area contributed by atoms with Gasteiger partial charge in [0.15, 0.2) is 0 Å². The summed E-state index contributed by atoms with van der Waals surface area (Å²) in [5.74, 6) is 0.921. The summed E-state index contributed by atoms with van der Waals surface area (Å²) in [6, 6.07) is 0. The highest BCUT2D eigenvalue weighted by atomic mass is 16.1. The molecule has 0 amide bonds. The first-order chi connectivity index (χ1) is 12.7. The van der Waals surface area contributed by atoms with E-state index in [4.69, 9.17) is 0 Å². The van der Waals surface area contributed by atoms with Crippen LogP contribution >= 0.6 is 0 Å². The van der Waals surface area contributed by atoms with Gasteiger partial charge in [-0.25, -0.2) is 0 Å². The van der Waals surface area contributed by atoms with E-state index in [0.29, 0.717) is 11.6 Å². The smallest absolute Gasteiger partial charge is 0.133 e. The fourth-order valence-corrected chi connectivity index (χ4v) is 5.49. The van der Waals surface area contributed by atoms with Crippen LogP contribution < -0.4 is 0 Å². The van der Waals surface area contributed by atoms with Gasteiger partial charge < -0.3 is 0 Å². The molecule has 2 nitrogen and oxygen atoms in total. The molecule has 4 fully saturated rings. The molecule has 4 saturated carbocycles. The monoisotopic (exact) mass is 352 g/mol. The Morgan fingerprint density at radius 2 is 0.423 bits per heavy atom. The van der Waals surface area contributed by atoms with Crippen molar-refractivity contribution in [2.75, 3.05) is 0 Å².